The summed E-state index contributed by atoms with van der Waals surface area (Å²) in [6, 6.07) is 7.80. The zero-order valence-electron chi connectivity index (χ0n) is 39.4. The van der Waals surface area contributed by atoms with Crippen LogP contribution >= 0.6 is 11.3 Å². The van der Waals surface area contributed by atoms with Crippen molar-refractivity contribution in [2.45, 2.75) is 109 Å². The molecule has 0 unspecified atom stereocenters. The highest BCUT2D eigenvalue weighted by Crippen LogP contribution is 2.40. The van der Waals surface area contributed by atoms with Crippen molar-refractivity contribution in [3.8, 4) is 16.2 Å². The first-order valence-electron chi connectivity index (χ1n) is 22.7. The third-order valence-electron chi connectivity index (χ3n) is 12.0. The third-order valence-corrected chi connectivity index (χ3v) is 13.0. The summed E-state index contributed by atoms with van der Waals surface area (Å²) in [5.74, 6) is -5.43. The van der Waals surface area contributed by atoms with E-state index in [2.05, 4.69) is 26.3 Å². The molecule has 10 N–H and O–H groups in total. The van der Waals surface area contributed by atoms with E-state index in [9.17, 15) is 53.0 Å². The number of carbonyl (C=O) groups excluding carboxylic acids is 8. The van der Waals surface area contributed by atoms with E-state index in [1.165, 1.54) is 40.3 Å². The number of thiazole rings is 1. The van der Waals surface area contributed by atoms with Crippen molar-refractivity contribution < 1.29 is 53.0 Å². The van der Waals surface area contributed by atoms with Gasteiger partial charge >= 0.3 is 0 Å². The van der Waals surface area contributed by atoms with Crippen molar-refractivity contribution in [2.75, 3.05) is 33.2 Å². The Morgan fingerprint density at radius 1 is 0.971 bits per heavy atom. The van der Waals surface area contributed by atoms with Gasteiger partial charge in [0.2, 0.25) is 23.6 Å². The minimum absolute atomic E-state index is 0.0178. The normalized spacial score (nSPS) is 17.3. The highest BCUT2D eigenvalue weighted by Gasteiger charge is 2.53. The molecule has 3 aromatic rings. The lowest BCUT2D eigenvalue weighted by Crippen LogP contribution is -2.59. The van der Waals surface area contributed by atoms with Gasteiger partial charge in [-0.25, -0.2) is 9.37 Å². The van der Waals surface area contributed by atoms with Crippen molar-refractivity contribution in [1.29, 1.82) is 0 Å². The van der Waals surface area contributed by atoms with Crippen molar-refractivity contribution in [2.24, 2.45) is 16.9 Å². The van der Waals surface area contributed by atoms with Gasteiger partial charge in [0, 0.05) is 57.7 Å². The number of nitrogens with one attached hydrogen (secondary N) is 4. The van der Waals surface area contributed by atoms with Crippen molar-refractivity contribution in [1.82, 2.24) is 36.1 Å². The summed E-state index contributed by atoms with van der Waals surface area (Å²) in [6.07, 6.45) is 1.50. The number of halogens is 1. The number of aliphatic hydroxyl groups excluding tert-OH is 1. The number of nitrogens with zero attached hydrogens (tertiary/aromatic N) is 3. The number of allylic oxidation sites excluding steroid dienone is 1. The molecule has 1 saturated heterocycles. The first-order chi connectivity index (χ1) is 32.5. The summed E-state index contributed by atoms with van der Waals surface area (Å²) in [7, 11) is 1.48. The number of unbranched alkanes of at least 4 members (excludes halogenated alkanes) is 2. The second-order valence-electron chi connectivity index (χ2n) is 18.6. The lowest BCUT2D eigenvalue weighted by atomic mass is 9.85. The van der Waals surface area contributed by atoms with Crippen LogP contribution in [0.5, 0.6) is 5.75 Å². The molecule has 1 aromatic heterocycles. The Morgan fingerprint density at radius 3 is 2.26 bits per heavy atom. The molecule has 2 heterocycles. The van der Waals surface area contributed by atoms with Gasteiger partial charge in [-0.1, -0.05) is 51.5 Å². The molecular weight excluding hydrogens is 914 g/mol. The standard InChI is InChI=1S/C48H62FN9O10S/c1-27-40(69-26-54-27)29-12-10-28(11-13-29)34(55-43(65)35-22-31(59)25-58(35)45(67)41(47(2,3)4)56-46(68)48(49)16-17-48)24-39(63)52-18-8-6-7-9-38(62)53-19-20-57(5)44(66)32-15-14-30(21-37(32)61)36(60)23-33(50)42(51)64/h10-15,21,23,26,31,34-35,41,59,61H,6-9,16-20,22,24-25,50H2,1-5H3,(H2,51,64)(H,52,63)(H,53,62)(H,55,65)(H,56,68)/b33-23-/t31-,34+,35+,41-/m1/s1. The molecule has 19 nitrogen and oxygen atoms in total. The van der Waals surface area contributed by atoms with Crippen molar-refractivity contribution in [3.63, 3.8) is 0 Å². The number of primary amides is 1. The largest absolute Gasteiger partial charge is 0.507 e. The highest BCUT2D eigenvalue weighted by molar-refractivity contribution is 7.13. The number of carbonyl (C=O) groups is 8. The van der Waals surface area contributed by atoms with Gasteiger partial charge in [-0.15, -0.1) is 11.3 Å². The van der Waals surface area contributed by atoms with Gasteiger partial charge in [-0.3, -0.25) is 38.4 Å². The first kappa shape index (κ1) is 53.2. The second kappa shape index (κ2) is 23.0. The fourth-order valence-electron chi connectivity index (χ4n) is 7.68. The maximum atomic E-state index is 14.7. The van der Waals surface area contributed by atoms with E-state index in [1.54, 1.807) is 38.4 Å². The Labute approximate surface area is 403 Å². The fourth-order valence-corrected chi connectivity index (χ4v) is 8.49. The van der Waals surface area contributed by atoms with E-state index in [4.69, 9.17) is 11.5 Å². The number of phenols is 1. The smallest absolute Gasteiger partial charge is 0.264 e. The van der Waals surface area contributed by atoms with Gasteiger partial charge < -0.3 is 52.7 Å². The minimum atomic E-state index is -2.03. The number of alkyl halides is 1. The molecule has 0 radical (unpaired) electrons. The monoisotopic (exact) mass is 975 g/mol. The number of rotatable bonds is 22. The topological polar surface area (TPSA) is 297 Å². The lowest BCUT2D eigenvalue weighted by molar-refractivity contribution is -0.145. The number of aryl methyl sites for hydroxylation is 1. The molecule has 0 spiro atoms. The average molecular weight is 976 g/mol. The summed E-state index contributed by atoms with van der Waals surface area (Å²) in [5, 5.41) is 32.3. The first-order valence-corrected chi connectivity index (χ1v) is 23.6. The molecular formula is C48H62FN9O10S. The number of aromatic hydroxyl groups is 1. The number of amides is 7. The van der Waals surface area contributed by atoms with E-state index in [1.807, 2.05) is 19.1 Å². The second-order valence-corrected chi connectivity index (χ2v) is 19.4. The number of aliphatic hydroxyl groups is 1. The van der Waals surface area contributed by atoms with E-state index >= 15 is 0 Å². The van der Waals surface area contributed by atoms with Gasteiger partial charge in [0.15, 0.2) is 11.5 Å². The molecule has 2 aliphatic rings. The van der Waals surface area contributed by atoms with Crippen LogP contribution in [0.25, 0.3) is 10.4 Å². The number of hydrogen-bond acceptors (Lipinski definition) is 13. The number of phenolic OH excluding ortho intramolecular Hbond substituents is 1. The SMILES string of the molecule is Cc1ncsc1-c1ccc([C@H](CC(=O)NCCCCCC(=O)NCCN(C)C(=O)c2ccc(C(=O)/C=C(\N)C(N)=O)cc2O)NC(=O)[C@@H]2C[C@@H](O)CN2C(=O)[C@@H](NC(=O)C2(F)CC2)C(C)(C)C)cc1. The van der Waals surface area contributed by atoms with E-state index in [-0.39, 0.29) is 81.2 Å². The molecule has 4 atom stereocenters. The number of benzene rings is 2. The quantitative estimate of drug-likeness (QED) is 0.0409. The van der Waals surface area contributed by atoms with Crippen LogP contribution in [-0.4, -0.2) is 129 Å². The van der Waals surface area contributed by atoms with Crippen LogP contribution in [-0.2, 0) is 28.8 Å². The van der Waals surface area contributed by atoms with Crippen LogP contribution in [0.2, 0.25) is 0 Å². The van der Waals surface area contributed by atoms with Gasteiger partial charge in [0.05, 0.1) is 40.2 Å². The summed E-state index contributed by atoms with van der Waals surface area (Å²) >= 11 is 1.48. The molecule has 1 aliphatic heterocycles. The molecule has 2 fully saturated rings. The Kier molecular flexibility index (Phi) is 17.8. The Balaban J connectivity index is 1.11. The zero-order valence-corrected chi connectivity index (χ0v) is 40.3. The van der Waals surface area contributed by atoms with Crippen molar-refractivity contribution in [3.05, 3.63) is 82.1 Å². The van der Waals surface area contributed by atoms with Crippen LogP contribution in [0.4, 0.5) is 4.39 Å². The van der Waals surface area contributed by atoms with E-state index in [0.717, 1.165) is 28.3 Å². The Bertz CT molecular complexity index is 2450. The van der Waals surface area contributed by atoms with Gasteiger partial charge in [0.1, 0.15) is 23.5 Å². The summed E-state index contributed by atoms with van der Waals surface area (Å²) < 4.78 is 14.7. The number of likely N-dealkylation sites (tertiary alicyclic amines) is 1. The van der Waals surface area contributed by atoms with E-state index in [0.29, 0.717) is 24.8 Å². The molecule has 1 aliphatic carbocycles. The van der Waals surface area contributed by atoms with Crippen molar-refractivity contribution >= 4 is 58.5 Å². The van der Waals surface area contributed by atoms with Gasteiger partial charge in [-0.05, 0) is 67.3 Å². The Hall–Kier alpha value is -6.74. The molecule has 2 aromatic carbocycles. The molecule has 21 heteroatoms. The molecule has 5 rings (SSSR count). The fraction of sp³-hybridized carbons (Fsp3) is 0.479. The van der Waals surface area contributed by atoms with Gasteiger partial charge in [-0.2, -0.15) is 0 Å². The van der Waals surface area contributed by atoms with Crippen LogP contribution < -0.4 is 32.7 Å². The molecule has 0 bridgehead atoms. The number of β-amino-alcohol motifs (C(OH)–C–C–N with tert-alkyl or cyclic N) is 1. The third kappa shape index (κ3) is 14.4. The summed E-state index contributed by atoms with van der Waals surface area (Å²) in [4.78, 5) is 111. The number of aromatic nitrogens is 1. The maximum Gasteiger partial charge on any atom is 0.264 e. The number of nitrogens with two attached hydrogens (primary N) is 2. The van der Waals surface area contributed by atoms with Crippen LogP contribution in [0.15, 0.2) is 59.7 Å². The number of ketones is 1. The lowest BCUT2D eigenvalue weighted by Gasteiger charge is -2.36. The predicted molar refractivity (Wildman–Crippen MR) is 254 cm³/mol. The van der Waals surface area contributed by atoms with Crippen LogP contribution in [0.1, 0.15) is 110 Å². The average Bonchev–Trinajstić information content (AvgIpc) is 3.70. The number of likely N-dealkylation sites (N-methyl/N-ethyl adjacent to an activating group) is 1. The maximum absolute atomic E-state index is 14.7. The van der Waals surface area contributed by atoms with Crippen LogP contribution in [0, 0.1) is 12.3 Å². The minimum Gasteiger partial charge on any atom is -0.507 e. The molecule has 372 valence electrons. The number of hydrogen-bond donors (Lipinski definition) is 8. The highest BCUT2D eigenvalue weighted by atomic mass is 32.1. The zero-order chi connectivity index (χ0) is 50.8. The predicted octanol–water partition coefficient (Wildman–Crippen LogP) is 2.44. The summed E-state index contributed by atoms with van der Waals surface area (Å²) in [6.45, 7) is 7.39. The summed E-state index contributed by atoms with van der Waals surface area (Å²) in [5.41, 5.74) is 11.1. The van der Waals surface area contributed by atoms with Gasteiger partial charge in [0.25, 0.3) is 17.7 Å². The molecule has 69 heavy (non-hydrogen) atoms. The molecule has 1 saturated carbocycles. The molecule has 7 amide bonds. The Morgan fingerprint density at radius 2 is 1.65 bits per heavy atom. The van der Waals surface area contributed by atoms with E-state index < -0.39 is 82.1 Å². The van der Waals surface area contributed by atoms with Crippen LogP contribution in [0.3, 0.4) is 0 Å².